The number of rotatable bonds is 41. The number of primary amides is 2. The number of imidazole rings is 1. The van der Waals surface area contributed by atoms with Gasteiger partial charge >= 0.3 is 0 Å². The van der Waals surface area contributed by atoms with Crippen LogP contribution < -0.4 is 81.4 Å². The highest BCUT2D eigenvalue weighted by Crippen LogP contribution is 2.20. The van der Waals surface area contributed by atoms with Gasteiger partial charge < -0.3 is 96.5 Å². The average molecular weight is 1270 g/mol. The van der Waals surface area contributed by atoms with E-state index < -0.39 is 170 Å². The maximum atomic E-state index is 14.3. The van der Waals surface area contributed by atoms with Crippen molar-refractivity contribution in [1.29, 1.82) is 0 Å². The molecule has 2 heterocycles. The van der Waals surface area contributed by atoms with Crippen molar-refractivity contribution in [3.63, 3.8) is 0 Å². The molecule has 0 aliphatic rings. The molecule has 0 aliphatic heterocycles. The number of amides is 13. The van der Waals surface area contributed by atoms with Gasteiger partial charge in [-0.3, -0.25) is 62.3 Å². The van der Waals surface area contributed by atoms with Crippen molar-refractivity contribution >= 4 is 99.5 Å². The van der Waals surface area contributed by atoms with Crippen molar-refractivity contribution < 1.29 is 67.4 Å². The number of benzene rings is 1. The summed E-state index contributed by atoms with van der Waals surface area (Å²) in [5.41, 5.74) is 23.9. The number of thioether (sulfide) groups is 1. The summed E-state index contributed by atoms with van der Waals surface area (Å²) < 4.78 is 0. The van der Waals surface area contributed by atoms with Crippen LogP contribution in [0.1, 0.15) is 90.8 Å². The smallest absolute Gasteiger partial charge is 0.245 e. The Balaban J connectivity index is 1.73. The van der Waals surface area contributed by atoms with Crippen LogP contribution in [-0.2, 0) is 75.2 Å². The molecule has 3 rings (SSSR count). The molecule has 33 heteroatoms. The highest BCUT2D eigenvalue weighted by molar-refractivity contribution is 7.98. The van der Waals surface area contributed by atoms with Crippen molar-refractivity contribution in [1.82, 2.24) is 73.4 Å². The van der Waals surface area contributed by atoms with Gasteiger partial charge in [-0.1, -0.05) is 52.3 Å². The number of nitrogens with one attached hydrogen (secondary N) is 13. The van der Waals surface area contributed by atoms with Gasteiger partial charge in [0.1, 0.15) is 48.3 Å². The topological polar surface area (TPSA) is 523 Å². The van der Waals surface area contributed by atoms with Gasteiger partial charge in [0, 0.05) is 48.3 Å². The van der Waals surface area contributed by atoms with Crippen LogP contribution in [0, 0.1) is 11.8 Å². The molecule has 2 aromatic heterocycles. The zero-order chi connectivity index (χ0) is 66.3. The third kappa shape index (κ3) is 26.7. The second-order valence-corrected chi connectivity index (χ2v) is 22.9. The lowest BCUT2D eigenvalue weighted by Crippen LogP contribution is -2.59. The van der Waals surface area contributed by atoms with Crippen LogP contribution in [0.25, 0.3) is 10.9 Å². The van der Waals surface area contributed by atoms with Crippen molar-refractivity contribution in [3.8, 4) is 0 Å². The van der Waals surface area contributed by atoms with Crippen molar-refractivity contribution in [2.24, 2.45) is 34.8 Å². The Hall–Kier alpha value is -8.69. The number of aromatic nitrogens is 3. The maximum Gasteiger partial charge on any atom is 0.245 e. The van der Waals surface area contributed by atoms with E-state index in [1.165, 1.54) is 31.2 Å². The fraction of sp³-hybridized carbons (Fsp3) is 0.571. The molecule has 0 unspecified atom stereocenters. The highest BCUT2D eigenvalue weighted by atomic mass is 32.2. The molecule has 32 nitrogen and oxygen atoms in total. The first-order valence-electron chi connectivity index (χ1n) is 29.1. The summed E-state index contributed by atoms with van der Waals surface area (Å²) in [6.07, 6.45) is 7.04. The number of carbonyl (C=O) groups is 13. The van der Waals surface area contributed by atoms with Gasteiger partial charge in [0.15, 0.2) is 0 Å². The van der Waals surface area contributed by atoms with E-state index in [-0.39, 0.29) is 38.0 Å². The summed E-state index contributed by atoms with van der Waals surface area (Å²) in [7, 11) is 0. The minimum atomic E-state index is -1.58. The summed E-state index contributed by atoms with van der Waals surface area (Å²) in [5.74, 6) is -11.1. The molecule has 0 fully saturated rings. The maximum absolute atomic E-state index is 14.3. The van der Waals surface area contributed by atoms with Crippen molar-refractivity contribution in [3.05, 3.63) is 54.2 Å². The lowest BCUT2D eigenvalue weighted by Gasteiger charge is -2.26. The van der Waals surface area contributed by atoms with E-state index in [9.17, 15) is 67.4 Å². The Morgan fingerprint density at radius 3 is 1.74 bits per heavy atom. The second-order valence-electron chi connectivity index (χ2n) is 21.9. The lowest BCUT2D eigenvalue weighted by atomic mass is 10.0. The van der Waals surface area contributed by atoms with E-state index in [2.05, 4.69) is 73.4 Å². The summed E-state index contributed by atoms with van der Waals surface area (Å²) in [4.78, 5) is 182. The van der Waals surface area contributed by atoms with Crippen LogP contribution in [0.2, 0.25) is 0 Å². The largest absolute Gasteiger partial charge is 0.394 e. The quantitative estimate of drug-likeness (QED) is 0.0236. The number of unbranched alkanes of at least 4 members (excludes halogenated alkanes) is 1. The third-order valence-corrected chi connectivity index (χ3v) is 14.4. The van der Waals surface area contributed by atoms with E-state index in [1.807, 2.05) is 20.1 Å². The van der Waals surface area contributed by atoms with E-state index in [4.69, 9.17) is 22.9 Å². The van der Waals surface area contributed by atoms with Gasteiger partial charge in [-0.15, -0.1) is 0 Å². The molecular formula is C56H88N18O14S. The highest BCUT2D eigenvalue weighted by Gasteiger charge is 2.34. The monoisotopic (exact) mass is 1270 g/mol. The number of fused-ring (bicyclic) bond motifs is 1. The Morgan fingerprint density at radius 2 is 1.16 bits per heavy atom. The van der Waals surface area contributed by atoms with Crippen LogP contribution in [0.5, 0.6) is 0 Å². The van der Waals surface area contributed by atoms with Crippen LogP contribution in [-0.4, -0.2) is 196 Å². The van der Waals surface area contributed by atoms with E-state index in [1.54, 1.807) is 44.3 Å². The third-order valence-electron chi connectivity index (χ3n) is 13.7. The molecule has 0 aliphatic carbocycles. The van der Waals surface area contributed by atoms with Crippen LogP contribution in [0.4, 0.5) is 0 Å². The number of hydrogen-bond acceptors (Lipinski definition) is 18. The molecule has 0 radical (unpaired) electrons. The number of carbonyl (C=O) groups excluding carboxylic acids is 13. The molecule has 13 amide bonds. The predicted octanol–water partition coefficient (Wildman–Crippen LogP) is -5.42. The number of aliphatic hydroxyl groups excluding tert-OH is 1. The average Bonchev–Trinajstić information content (AvgIpc) is 3.59. The Bertz CT molecular complexity index is 2890. The minimum Gasteiger partial charge on any atom is -0.394 e. The zero-order valence-electron chi connectivity index (χ0n) is 50.9. The summed E-state index contributed by atoms with van der Waals surface area (Å²) in [6, 6.07) is -4.64. The Kier molecular flexibility index (Phi) is 32.3. The summed E-state index contributed by atoms with van der Waals surface area (Å²) >= 11 is 1.45. The molecule has 9 atom stereocenters. The van der Waals surface area contributed by atoms with Gasteiger partial charge in [0.05, 0.1) is 38.6 Å². The van der Waals surface area contributed by atoms with Crippen LogP contribution in [0.15, 0.2) is 43.0 Å². The molecule has 0 spiro atoms. The van der Waals surface area contributed by atoms with Gasteiger partial charge in [-0.25, -0.2) is 4.98 Å². The molecule has 3 aromatic rings. The number of nitrogens with two attached hydrogens (primary N) is 4. The first kappa shape index (κ1) is 74.6. The molecule has 1 aromatic carbocycles. The predicted molar refractivity (Wildman–Crippen MR) is 327 cm³/mol. The molecule has 492 valence electrons. The van der Waals surface area contributed by atoms with Gasteiger partial charge in [-0.2, -0.15) is 11.8 Å². The number of H-pyrrole nitrogens is 2. The number of aromatic amines is 2. The molecule has 0 saturated heterocycles. The van der Waals surface area contributed by atoms with Crippen LogP contribution in [0.3, 0.4) is 0 Å². The van der Waals surface area contributed by atoms with E-state index in [0.717, 1.165) is 0 Å². The van der Waals surface area contributed by atoms with Gasteiger partial charge in [0.25, 0.3) is 0 Å². The first-order chi connectivity index (χ1) is 42.2. The molecule has 22 N–H and O–H groups in total. The summed E-state index contributed by atoms with van der Waals surface area (Å²) in [6.45, 7) is 5.57. The minimum absolute atomic E-state index is 0.103. The normalized spacial score (nSPS) is 14.2. The SMILES string of the molecule is CSCC[C@H](NC(=O)[C@H](CC(C)C)NC(=O)[C@H](Cc1cnc[nH]1)NC(=O)CNC(=O)[C@@H](NC(=O)[C@H](C)NC(=O)[C@H](Cc1c[nH]c2ccccc12)NC(=O)[C@H](CCC(N)=O)NC(=O)CNC(=O)[C@H](CO)NC(=O)CNC(=O)[C@@H](N)CCCCN)C(C)C)C(N)=O. The number of aliphatic hydroxyl groups is 1. The van der Waals surface area contributed by atoms with E-state index >= 15 is 0 Å². The van der Waals surface area contributed by atoms with Crippen molar-refractivity contribution in [2.45, 2.75) is 147 Å². The van der Waals surface area contributed by atoms with Gasteiger partial charge in [-0.05, 0) is 81.0 Å². The zero-order valence-corrected chi connectivity index (χ0v) is 51.7. The number of hydrogen-bond donors (Lipinski definition) is 18. The van der Waals surface area contributed by atoms with Crippen LogP contribution >= 0.6 is 11.8 Å². The van der Waals surface area contributed by atoms with E-state index in [0.29, 0.717) is 53.7 Å². The lowest BCUT2D eigenvalue weighted by molar-refractivity contribution is -0.135. The molecule has 89 heavy (non-hydrogen) atoms. The number of nitrogens with zero attached hydrogens (tertiary/aromatic N) is 1. The van der Waals surface area contributed by atoms with Gasteiger partial charge in [0.2, 0.25) is 76.8 Å². The fourth-order valence-electron chi connectivity index (χ4n) is 8.78. The molecular weight excluding hydrogens is 1180 g/mol. The Morgan fingerprint density at radius 1 is 0.596 bits per heavy atom. The standard InChI is InChI=1S/C56H88N18O14S/c1-29(2)19-39(54(86)71-37(48(60)80)16-18-89-6)72-55(87)41(21-33-23-61-28-66-33)69-45(78)26-65-56(88)47(30(3)4)74-49(81)31(5)67-53(85)40(20-32-22-62-36-13-8-7-11-34(32)36)73-52(84)38(14-15-43(59)76)68-44(77)25-64-51(83)42(27-75)70-46(79)24-63-50(82)35(58)12-9-10-17-57/h7-8,11,13,22-23,28-31,35,37-42,47,62,75H,9-10,12,14-21,24-27,57-58H2,1-6H3,(H2,59,76)(H2,60,80)(H,61,66)(H,63,82)(H,64,83)(H,65,88)(H,67,85)(H,68,77)(H,69,78)(H,70,79)(H,71,86)(H,72,87)(H,73,84)(H,74,81)/t31-,35-,37-,38-,39-,40-,41-,42-,47-/m0/s1. The fourth-order valence-corrected chi connectivity index (χ4v) is 9.25. The molecule has 0 bridgehead atoms. The first-order valence-corrected chi connectivity index (χ1v) is 30.5. The van der Waals surface area contributed by atoms with Crippen molar-refractivity contribution in [2.75, 3.05) is 44.8 Å². The molecule has 0 saturated carbocycles. The Labute approximate surface area is 519 Å². The second kappa shape index (κ2) is 38.6. The summed E-state index contributed by atoms with van der Waals surface area (Å²) in [5, 5.41) is 37.7. The number of para-hydroxylation sites is 1.